The highest BCUT2D eigenvalue weighted by molar-refractivity contribution is 5.16. The second-order valence-electron chi connectivity index (χ2n) is 4.75. The molecular formula is C13H19FN2. The Morgan fingerprint density at radius 3 is 2.94 bits per heavy atom. The third kappa shape index (κ3) is 2.60. The Balaban J connectivity index is 2.00. The molecule has 16 heavy (non-hydrogen) atoms. The summed E-state index contributed by atoms with van der Waals surface area (Å²) in [5.74, 6) is 0.447. The first-order valence-corrected chi connectivity index (χ1v) is 5.87. The van der Waals surface area contributed by atoms with Crippen LogP contribution in [-0.4, -0.2) is 24.0 Å². The van der Waals surface area contributed by atoms with E-state index >= 15 is 0 Å². The highest BCUT2D eigenvalue weighted by Crippen LogP contribution is 2.24. The van der Waals surface area contributed by atoms with Gasteiger partial charge >= 0.3 is 0 Å². The molecule has 0 aromatic heterocycles. The van der Waals surface area contributed by atoms with Gasteiger partial charge < -0.3 is 5.73 Å². The van der Waals surface area contributed by atoms with Crippen molar-refractivity contribution < 1.29 is 4.39 Å². The van der Waals surface area contributed by atoms with E-state index in [-0.39, 0.29) is 5.82 Å². The zero-order valence-electron chi connectivity index (χ0n) is 9.70. The Kier molecular flexibility index (Phi) is 3.56. The standard InChI is InChI=1S/C13H19FN2/c1-10-5-12(7-15)9-16(10)8-11-3-2-4-13(14)6-11/h2-4,6,10,12H,5,7-9,15H2,1H3. The molecule has 2 rings (SSSR count). The van der Waals surface area contributed by atoms with Crippen molar-refractivity contribution in [2.24, 2.45) is 11.7 Å². The van der Waals surface area contributed by atoms with Crippen LogP contribution < -0.4 is 5.73 Å². The first-order chi connectivity index (χ1) is 7.69. The van der Waals surface area contributed by atoms with Crippen LogP contribution in [0.15, 0.2) is 24.3 Å². The third-order valence-electron chi connectivity index (χ3n) is 3.40. The molecule has 88 valence electrons. The summed E-state index contributed by atoms with van der Waals surface area (Å²) >= 11 is 0. The van der Waals surface area contributed by atoms with Crippen LogP contribution in [0.5, 0.6) is 0 Å². The minimum Gasteiger partial charge on any atom is -0.330 e. The van der Waals surface area contributed by atoms with Gasteiger partial charge in [0.2, 0.25) is 0 Å². The van der Waals surface area contributed by atoms with E-state index in [1.807, 2.05) is 6.07 Å². The molecule has 0 amide bonds. The van der Waals surface area contributed by atoms with E-state index in [0.29, 0.717) is 12.0 Å². The minimum atomic E-state index is -0.153. The lowest BCUT2D eigenvalue weighted by atomic mass is 10.1. The maximum Gasteiger partial charge on any atom is 0.123 e. The fraction of sp³-hybridized carbons (Fsp3) is 0.538. The third-order valence-corrected chi connectivity index (χ3v) is 3.40. The van der Waals surface area contributed by atoms with Crippen LogP contribution >= 0.6 is 0 Å². The van der Waals surface area contributed by atoms with Crippen LogP contribution in [0.2, 0.25) is 0 Å². The summed E-state index contributed by atoms with van der Waals surface area (Å²) in [4.78, 5) is 2.38. The van der Waals surface area contributed by atoms with Crippen LogP contribution in [0.3, 0.4) is 0 Å². The largest absolute Gasteiger partial charge is 0.330 e. The van der Waals surface area contributed by atoms with Crippen molar-refractivity contribution in [3.05, 3.63) is 35.6 Å². The summed E-state index contributed by atoms with van der Waals surface area (Å²) in [7, 11) is 0. The van der Waals surface area contributed by atoms with E-state index in [9.17, 15) is 4.39 Å². The Labute approximate surface area is 96.2 Å². The summed E-state index contributed by atoms with van der Waals surface area (Å²) in [6, 6.07) is 7.40. The molecule has 0 radical (unpaired) electrons. The number of hydrogen-bond donors (Lipinski definition) is 1. The molecule has 0 saturated carbocycles. The fourth-order valence-corrected chi connectivity index (χ4v) is 2.48. The summed E-state index contributed by atoms with van der Waals surface area (Å²) < 4.78 is 13.0. The van der Waals surface area contributed by atoms with Gasteiger partial charge in [0.25, 0.3) is 0 Å². The Morgan fingerprint density at radius 1 is 1.50 bits per heavy atom. The number of hydrogen-bond acceptors (Lipinski definition) is 2. The van der Waals surface area contributed by atoms with Gasteiger partial charge in [0.05, 0.1) is 0 Å². The van der Waals surface area contributed by atoms with Gasteiger partial charge in [-0.2, -0.15) is 0 Å². The number of nitrogens with two attached hydrogens (primary N) is 1. The molecule has 0 bridgehead atoms. The Morgan fingerprint density at radius 2 is 2.31 bits per heavy atom. The van der Waals surface area contributed by atoms with E-state index in [0.717, 1.165) is 31.6 Å². The van der Waals surface area contributed by atoms with Crippen LogP contribution in [0.4, 0.5) is 4.39 Å². The van der Waals surface area contributed by atoms with Gasteiger partial charge in [-0.05, 0) is 43.5 Å². The number of rotatable bonds is 3. The number of likely N-dealkylation sites (tertiary alicyclic amines) is 1. The average molecular weight is 222 g/mol. The zero-order valence-corrected chi connectivity index (χ0v) is 9.70. The van der Waals surface area contributed by atoms with Gasteiger partial charge in [0, 0.05) is 19.1 Å². The SMILES string of the molecule is CC1CC(CN)CN1Cc1cccc(F)c1. The molecule has 1 heterocycles. The van der Waals surface area contributed by atoms with Gasteiger partial charge in [-0.15, -0.1) is 0 Å². The number of benzene rings is 1. The zero-order chi connectivity index (χ0) is 11.5. The predicted molar refractivity (Wildman–Crippen MR) is 63.4 cm³/mol. The summed E-state index contributed by atoms with van der Waals surface area (Å²) in [6.45, 7) is 4.84. The lowest BCUT2D eigenvalue weighted by Gasteiger charge is -2.21. The van der Waals surface area contributed by atoms with Crippen molar-refractivity contribution in [3.63, 3.8) is 0 Å². The quantitative estimate of drug-likeness (QED) is 0.847. The van der Waals surface area contributed by atoms with Crippen molar-refractivity contribution in [2.75, 3.05) is 13.1 Å². The molecule has 2 nitrogen and oxygen atoms in total. The van der Waals surface area contributed by atoms with Crippen LogP contribution in [0, 0.1) is 11.7 Å². The smallest absolute Gasteiger partial charge is 0.123 e. The second-order valence-corrected chi connectivity index (χ2v) is 4.75. The predicted octanol–water partition coefficient (Wildman–Crippen LogP) is 1.99. The monoisotopic (exact) mass is 222 g/mol. The van der Waals surface area contributed by atoms with Crippen LogP contribution in [-0.2, 0) is 6.54 Å². The van der Waals surface area contributed by atoms with E-state index < -0.39 is 0 Å². The van der Waals surface area contributed by atoms with E-state index in [2.05, 4.69) is 11.8 Å². The molecule has 1 aromatic rings. The van der Waals surface area contributed by atoms with Gasteiger partial charge in [-0.25, -0.2) is 4.39 Å². The van der Waals surface area contributed by atoms with Crippen molar-refractivity contribution in [2.45, 2.75) is 25.9 Å². The molecule has 1 saturated heterocycles. The molecule has 1 aromatic carbocycles. The average Bonchev–Trinajstić information content (AvgIpc) is 2.60. The summed E-state index contributed by atoms with van der Waals surface area (Å²) in [5.41, 5.74) is 6.73. The summed E-state index contributed by atoms with van der Waals surface area (Å²) in [5, 5.41) is 0. The van der Waals surface area contributed by atoms with Gasteiger partial charge in [-0.1, -0.05) is 12.1 Å². The topological polar surface area (TPSA) is 29.3 Å². The first-order valence-electron chi connectivity index (χ1n) is 5.87. The molecule has 2 N–H and O–H groups in total. The molecule has 2 unspecified atom stereocenters. The highest BCUT2D eigenvalue weighted by Gasteiger charge is 2.27. The molecule has 1 aliphatic heterocycles. The van der Waals surface area contributed by atoms with Crippen LogP contribution in [0.1, 0.15) is 18.9 Å². The maximum atomic E-state index is 13.0. The highest BCUT2D eigenvalue weighted by atomic mass is 19.1. The van der Waals surface area contributed by atoms with Gasteiger partial charge in [0.15, 0.2) is 0 Å². The molecule has 3 heteroatoms. The number of halogens is 1. The molecule has 0 spiro atoms. The Bertz CT molecular complexity index is 354. The lowest BCUT2D eigenvalue weighted by Crippen LogP contribution is -2.27. The normalized spacial score (nSPS) is 26.2. The number of nitrogens with zero attached hydrogens (tertiary/aromatic N) is 1. The minimum absolute atomic E-state index is 0.153. The van der Waals surface area contributed by atoms with Gasteiger partial charge in [-0.3, -0.25) is 4.90 Å². The lowest BCUT2D eigenvalue weighted by molar-refractivity contribution is 0.255. The van der Waals surface area contributed by atoms with Crippen LogP contribution in [0.25, 0.3) is 0 Å². The van der Waals surface area contributed by atoms with Crippen molar-refractivity contribution in [1.29, 1.82) is 0 Å². The maximum absolute atomic E-state index is 13.0. The first kappa shape index (κ1) is 11.6. The second kappa shape index (κ2) is 4.93. The fourth-order valence-electron chi connectivity index (χ4n) is 2.48. The molecule has 1 aliphatic rings. The molecule has 0 aliphatic carbocycles. The van der Waals surface area contributed by atoms with Crippen molar-refractivity contribution >= 4 is 0 Å². The van der Waals surface area contributed by atoms with Crippen molar-refractivity contribution in [1.82, 2.24) is 4.90 Å². The van der Waals surface area contributed by atoms with Gasteiger partial charge in [0.1, 0.15) is 5.82 Å². The summed E-state index contributed by atoms with van der Waals surface area (Å²) in [6.07, 6.45) is 1.16. The molecule has 1 fully saturated rings. The van der Waals surface area contributed by atoms with E-state index in [4.69, 9.17) is 5.73 Å². The molecular weight excluding hydrogens is 203 g/mol. The van der Waals surface area contributed by atoms with Crippen molar-refractivity contribution in [3.8, 4) is 0 Å². The molecule has 2 atom stereocenters. The van der Waals surface area contributed by atoms with E-state index in [1.54, 1.807) is 12.1 Å². The Hall–Kier alpha value is -0.930. The van der Waals surface area contributed by atoms with E-state index in [1.165, 1.54) is 6.07 Å².